The van der Waals surface area contributed by atoms with E-state index in [4.69, 9.17) is 5.73 Å². The number of likely N-dealkylation sites (tertiary alicyclic amines) is 1. The van der Waals surface area contributed by atoms with Crippen molar-refractivity contribution in [2.24, 2.45) is 5.73 Å². The minimum absolute atomic E-state index is 0.0767. The molecule has 1 aliphatic heterocycles. The Balaban J connectivity index is 1.89. The van der Waals surface area contributed by atoms with Crippen molar-refractivity contribution in [1.82, 2.24) is 10.2 Å². The molecule has 1 heterocycles. The van der Waals surface area contributed by atoms with Crippen molar-refractivity contribution in [2.45, 2.75) is 31.3 Å². The summed E-state index contributed by atoms with van der Waals surface area (Å²) in [5, 5.41) is 15.9. The van der Waals surface area contributed by atoms with Crippen molar-refractivity contribution < 1.29 is 19.3 Å². The topological polar surface area (TPSA) is 148 Å². The van der Waals surface area contributed by atoms with Crippen molar-refractivity contribution >= 4 is 40.9 Å². The third kappa shape index (κ3) is 6.43. The number of hydrogen-bond donors (Lipinski definition) is 3. The summed E-state index contributed by atoms with van der Waals surface area (Å²) < 4.78 is 0. The maximum absolute atomic E-state index is 12.6. The van der Waals surface area contributed by atoms with Crippen LogP contribution in [0.15, 0.2) is 24.3 Å². The van der Waals surface area contributed by atoms with Gasteiger partial charge in [-0.3, -0.25) is 24.5 Å². The van der Waals surface area contributed by atoms with E-state index in [-0.39, 0.29) is 24.0 Å². The van der Waals surface area contributed by atoms with Gasteiger partial charge in [-0.15, -0.1) is 0 Å². The van der Waals surface area contributed by atoms with Gasteiger partial charge in [0, 0.05) is 24.4 Å². The number of thioether (sulfide) groups is 1. The lowest BCUT2D eigenvalue weighted by atomic mass is 10.2. The molecule has 0 radical (unpaired) electrons. The van der Waals surface area contributed by atoms with Gasteiger partial charge in [-0.25, -0.2) is 0 Å². The number of nitro benzene ring substituents is 1. The molecule has 1 saturated heterocycles. The van der Waals surface area contributed by atoms with E-state index in [0.717, 1.165) is 5.75 Å². The zero-order valence-electron chi connectivity index (χ0n) is 16.1. The summed E-state index contributed by atoms with van der Waals surface area (Å²) in [6, 6.07) is 4.14. The van der Waals surface area contributed by atoms with Gasteiger partial charge in [0.15, 0.2) is 0 Å². The van der Waals surface area contributed by atoms with Crippen LogP contribution >= 0.6 is 11.8 Å². The van der Waals surface area contributed by atoms with Crippen molar-refractivity contribution in [1.29, 1.82) is 0 Å². The van der Waals surface area contributed by atoms with Crippen LogP contribution in [0.5, 0.6) is 0 Å². The summed E-state index contributed by atoms with van der Waals surface area (Å²) in [5.74, 6) is -0.359. The van der Waals surface area contributed by atoms with Gasteiger partial charge in [0.25, 0.3) is 5.69 Å². The van der Waals surface area contributed by atoms with Crippen molar-refractivity contribution in [3.8, 4) is 0 Å². The highest BCUT2D eigenvalue weighted by Crippen LogP contribution is 2.20. The third-order valence-electron chi connectivity index (χ3n) is 4.61. The van der Waals surface area contributed by atoms with E-state index in [0.29, 0.717) is 31.5 Å². The molecule has 158 valence electrons. The van der Waals surface area contributed by atoms with E-state index < -0.39 is 22.9 Å². The molecule has 29 heavy (non-hydrogen) atoms. The highest BCUT2D eigenvalue weighted by atomic mass is 32.2. The van der Waals surface area contributed by atoms with Crippen LogP contribution in [0.4, 0.5) is 11.4 Å². The fourth-order valence-corrected chi connectivity index (χ4v) is 3.49. The molecule has 0 unspecified atom stereocenters. The highest BCUT2D eigenvalue weighted by Gasteiger charge is 2.34. The van der Waals surface area contributed by atoms with Gasteiger partial charge in [0.05, 0.1) is 17.5 Å². The molecule has 4 N–H and O–H groups in total. The second-order valence-corrected chi connectivity index (χ2v) is 7.63. The van der Waals surface area contributed by atoms with Gasteiger partial charge in [-0.1, -0.05) is 0 Å². The second kappa shape index (κ2) is 10.8. The van der Waals surface area contributed by atoms with Crippen LogP contribution in [0, 0.1) is 10.1 Å². The molecule has 3 amide bonds. The predicted molar refractivity (Wildman–Crippen MR) is 110 cm³/mol. The number of nitro groups is 1. The molecular weight excluding hydrogens is 398 g/mol. The van der Waals surface area contributed by atoms with Crippen molar-refractivity contribution in [3.63, 3.8) is 0 Å². The van der Waals surface area contributed by atoms with Crippen LogP contribution < -0.4 is 16.4 Å². The summed E-state index contributed by atoms with van der Waals surface area (Å²) in [4.78, 5) is 48.6. The summed E-state index contributed by atoms with van der Waals surface area (Å²) >= 11 is 1.59. The molecule has 0 aromatic heterocycles. The Bertz CT molecular complexity index is 758. The van der Waals surface area contributed by atoms with Crippen LogP contribution in [-0.4, -0.2) is 64.7 Å². The fourth-order valence-electron chi connectivity index (χ4n) is 3.00. The Hall–Kier alpha value is -2.66. The van der Waals surface area contributed by atoms with E-state index in [2.05, 4.69) is 10.6 Å². The molecule has 0 aliphatic carbocycles. The molecule has 1 fully saturated rings. The number of carbonyl (C=O) groups is 3. The molecule has 2 atom stereocenters. The highest BCUT2D eigenvalue weighted by molar-refractivity contribution is 7.98. The minimum atomic E-state index is -0.671. The lowest BCUT2D eigenvalue weighted by Gasteiger charge is -2.24. The predicted octanol–water partition coefficient (Wildman–Crippen LogP) is 0.721. The van der Waals surface area contributed by atoms with Gasteiger partial charge >= 0.3 is 0 Å². The first-order valence-electron chi connectivity index (χ1n) is 9.20. The van der Waals surface area contributed by atoms with E-state index in [1.54, 1.807) is 11.8 Å². The van der Waals surface area contributed by atoms with E-state index >= 15 is 0 Å². The smallest absolute Gasteiger partial charge is 0.269 e. The van der Waals surface area contributed by atoms with Crippen molar-refractivity contribution in [3.05, 3.63) is 34.4 Å². The number of anilines is 1. The molecule has 1 aliphatic rings. The second-order valence-electron chi connectivity index (χ2n) is 6.64. The average Bonchev–Trinajstić information content (AvgIpc) is 3.20. The normalized spacial score (nSPS) is 16.9. The molecule has 1 aromatic carbocycles. The molecule has 0 saturated carbocycles. The third-order valence-corrected chi connectivity index (χ3v) is 5.25. The molecule has 0 bridgehead atoms. The van der Waals surface area contributed by atoms with E-state index in [1.807, 2.05) is 6.26 Å². The number of non-ortho nitro benzene ring substituents is 1. The zero-order chi connectivity index (χ0) is 21.4. The molecule has 2 rings (SSSR count). The lowest BCUT2D eigenvalue weighted by molar-refractivity contribution is -0.384. The Morgan fingerprint density at radius 3 is 2.66 bits per heavy atom. The van der Waals surface area contributed by atoms with Gasteiger partial charge in [0.2, 0.25) is 17.7 Å². The van der Waals surface area contributed by atoms with E-state index in [1.165, 1.54) is 29.2 Å². The van der Waals surface area contributed by atoms with Gasteiger partial charge in [-0.05, 0) is 43.4 Å². The number of nitrogens with one attached hydrogen (secondary N) is 2. The van der Waals surface area contributed by atoms with Crippen LogP contribution in [0.2, 0.25) is 0 Å². The Morgan fingerprint density at radius 2 is 2.03 bits per heavy atom. The summed E-state index contributed by atoms with van der Waals surface area (Å²) in [7, 11) is 0. The quantitative estimate of drug-likeness (QED) is 0.391. The largest absolute Gasteiger partial charge is 0.346 e. The number of nitrogens with two attached hydrogens (primary N) is 1. The first-order valence-corrected chi connectivity index (χ1v) is 10.6. The van der Waals surface area contributed by atoms with Crippen LogP contribution in [-0.2, 0) is 14.4 Å². The molecule has 1 aromatic rings. The maximum atomic E-state index is 12.6. The zero-order valence-corrected chi connectivity index (χ0v) is 16.9. The summed E-state index contributed by atoms with van der Waals surface area (Å²) in [6.45, 7) is 0.207. The van der Waals surface area contributed by atoms with E-state index in [9.17, 15) is 24.5 Å². The van der Waals surface area contributed by atoms with Crippen LogP contribution in [0.3, 0.4) is 0 Å². The Morgan fingerprint density at radius 1 is 1.34 bits per heavy atom. The first-order chi connectivity index (χ1) is 13.8. The molecule has 11 heteroatoms. The Kier molecular flexibility index (Phi) is 8.40. The number of rotatable bonds is 9. The number of amides is 3. The first kappa shape index (κ1) is 22.6. The van der Waals surface area contributed by atoms with Crippen molar-refractivity contribution in [2.75, 3.05) is 30.4 Å². The fraction of sp³-hybridized carbons (Fsp3) is 0.500. The van der Waals surface area contributed by atoms with Crippen LogP contribution in [0.1, 0.15) is 19.3 Å². The average molecular weight is 423 g/mol. The van der Waals surface area contributed by atoms with Gasteiger partial charge in [-0.2, -0.15) is 11.8 Å². The monoisotopic (exact) mass is 423 g/mol. The number of hydrogen-bond acceptors (Lipinski definition) is 7. The number of benzene rings is 1. The van der Waals surface area contributed by atoms with Gasteiger partial charge < -0.3 is 21.3 Å². The molecule has 0 spiro atoms. The number of nitrogens with zero attached hydrogens (tertiary/aromatic N) is 2. The van der Waals surface area contributed by atoms with Gasteiger partial charge in [0.1, 0.15) is 6.04 Å². The Labute approximate surface area is 172 Å². The minimum Gasteiger partial charge on any atom is -0.346 e. The van der Waals surface area contributed by atoms with Crippen LogP contribution in [0.25, 0.3) is 0 Å². The maximum Gasteiger partial charge on any atom is 0.269 e. The number of carbonyl (C=O) groups excluding carboxylic acids is 3. The summed E-state index contributed by atoms with van der Waals surface area (Å²) in [5.41, 5.74) is 6.11. The SMILES string of the molecule is CSCC[C@H](N)C(=O)NCC(=O)N1CCC[C@H]1C(=O)Nc1ccc([N+](=O)[O-])cc1. The lowest BCUT2D eigenvalue weighted by Crippen LogP contribution is -2.49. The molecule has 10 nitrogen and oxygen atoms in total. The molecular formula is C18H25N5O5S. The summed E-state index contributed by atoms with van der Waals surface area (Å²) in [6.07, 6.45) is 3.62. The standard InChI is InChI=1S/C18H25N5O5S/c1-29-10-8-14(19)17(25)20-11-16(24)22-9-2-3-15(22)18(26)21-12-4-6-13(7-5-12)23(27)28/h4-7,14-15H,2-3,8-11,19H2,1H3,(H,20,25)(H,21,26)/t14-,15-/m0/s1.